The molecule has 0 atom stereocenters. The first kappa shape index (κ1) is 13.2. The minimum Gasteiger partial charge on any atom is -0.342 e. The van der Waals surface area contributed by atoms with Gasteiger partial charge in [0.2, 0.25) is 5.91 Å². The fourth-order valence-electron chi connectivity index (χ4n) is 1.20. The summed E-state index contributed by atoms with van der Waals surface area (Å²) < 4.78 is 0.985. The van der Waals surface area contributed by atoms with Gasteiger partial charge in [0.05, 0.1) is 27.7 Å². The first-order chi connectivity index (χ1) is 6.37. The molecule has 14 heavy (non-hydrogen) atoms. The number of carbonyl (C=O) groups excluding carboxylic acids is 1. The molecule has 0 aromatic carbocycles. The molecule has 0 bridgehead atoms. The Bertz CT molecular complexity index is 194. The van der Waals surface area contributed by atoms with Crippen LogP contribution in [-0.2, 0) is 4.79 Å². The average Bonchev–Trinajstić information content (AvgIpc) is 2.09. The van der Waals surface area contributed by atoms with E-state index in [0.717, 1.165) is 30.4 Å². The molecule has 0 aliphatic rings. The van der Waals surface area contributed by atoms with Gasteiger partial charge in [-0.15, -0.1) is 0 Å². The fraction of sp³-hybridized carbons (Fsp3) is 0.727. The van der Waals surface area contributed by atoms with Crippen molar-refractivity contribution in [1.82, 2.24) is 4.90 Å². The largest absolute Gasteiger partial charge is 0.342 e. The molecule has 0 saturated carbocycles. The normalized spacial score (nSPS) is 11.1. The topological polar surface area (TPSA) is 20.3 Å². The number of carbonyl (C=O) groups is 1. The van der Waals surface area contributed by atoms with Crippen molar-refractivity contribution in [2.75, 3.05) is 41.3 Å². The third kappa shape index (κ3) is 6.66. The highest BCUT2D eigenvalue weighted by Gasteiger charge is 2.07. The highest BCUT2D eigenvalue weighted by atomic mass is 16.2. The number of amides is 1. The lowest BCUT2D eigenvalue weighted by Crippen LogP contribution is -2.35. The summed E-state index contributed by atoms with van der Waals surface area (Å²) in [6.45, 7) is 5.43. The summed E-state index contributed by atoms with van der Waals surface area (Å²) in [5, 5.41) is 0. The van der Waals surface area contributed by atoms with Crippen molar-refractivity contribution in [1.29, 1.82) is 0 Å². The van der Waals surface area contributed by atoms with Gasteiger partial charge in [0.25, 0.3) is 0 Å². The van der Waals surface area contributed by atoms with E-state index in [9.17, 15) is 4.79 Å². The van der Waals surface area contributed by atoms with Crippen LogP contribution < -0.4 is 0 Å². The van der Waals surface area contributed by atoms with Crippen LogP contribution >= 0.6 is 0 Å². The second-order valence-corrected chi connectivity index (χ2v) is 4.68. The molecule has 1 amide bonds. The van der Waals surface area contributed by atoms with E-state index in [1.807, 2.05) is 7.05 Å². The van der Waals surface area contributed by atoms with Crippen molar-refractivity contribution in [3.63, 3.8) is 0 Å². The lowest BCUT2D eigenvalue weighted by atomic mass is 10.2. The van der Waals surface area contributed by atoms with Crippen LogP contribution in [0.5, 0.6) is 0 Å². The summed E-state index contributed by atoms with van der Waals surface area (Å²) in [4.78, 5) is 12.8. The lowest BCUT2D eigenvalue weighted by molar-refractivity contribution is -0.870. The standard InChI is InChI=1S/C11H23N2O/c1-6-11(14)12(2)9-7-8-10-13(3,4)5/h6H,1,7-10H2,2-5H3/q+1. The zero-order valence-electron chi connectivity index (χ0n) is 9.92. The van der Waals surface area contributed by atoms with Crippen LogP contribution in [-0.4, -0.2) is 56.6 Å². The van der Waals surface area contributed by atoms with E-state index in [2.05, 4.69) is 27.7 Å². The minimum absolute atomic E-state index is 0.00949. The Labute approximate surface area is 87.6 Å². The Morgan fingerprint density at radius 3 is 2.36 bits per heavy atom. The molecule has 0 aromatic rings. The quantitative estimate of drug-likeness (QED) is 0.356. The number of hydrogen-bond donors (Lipinski definition) is 0. The number of likely N-dealkylation sites (N-methyl/N-ethyl adjacent to an activating group) is 1. The zero-order valence-corrected chi connectivity index (χ0v) is 9.92. The maximum atomic E-state index is 11.1. The van der Waals surface area contributed by atoms with Crippen molar-refractivity contribution in [2.45, 2.75) is 12.8 Å². The number of rotatable bonds is 6. The van der Waals surface area contributed by atoms with E-state index in [1.54, 1.807) is 4.90 Å². The first-order valence-corrected chi connectivity index (χ1v) is 5.05. The summed E-state index contributed by atoms with van der Waals surface area (Å²) >= 11 is 0. The van der Waals surface area contributed by atoms with Gasteiger partial charge >= 0.3 is 0 Å². The maximum Gasteiger partial charge on any atom is 0.245 e. The molecule has 0 aliphatic carbocycles. The van der Waals surface area contributed by atoms with Crippen LogP contribution in [0.3, 0.4) is 0 Å². The van der Waals surface area contributed by atoms with Crippen LogP contribution in [0.25, 0.3) is 0 Å². The van der Waals surface area contributed by atoms with Crippen LogP contribution in [0, 0.1) is 0 Å². The van der Waals surface area contributed by atoms with Crippen LogP contribution in [0.15, 0.2) is 12.7 Å². The van der Waals surface area contributed by atoms with Crippen LogP contribution in [0.4, 0.5) is 0 Å². The number of unbranched alkanes of at least 4 members (excludes halogenated alkanes) is 1. The van der Waals surface area contributed by atoms with Gasteiger partial charge in [0.15, 0.2) is 0 Å². The molecule has 0 radical (unpaired) electrons. The Morgan fingerprint density at radius 2 is 1.93 bits per heavy atom. The monoisotopic (exact) mass is 199 g/mol. The van der Waals surface area contributed by atoms with Gasteiger partial charge in [-0.2, -0.15) is 0 Å². The van der Waals surface area contributed by atoms with Crippen LogP contribution in [0.1, 0.15) is 12.8 Å². The molecular formula is C11H23N2O+. The number of quaternary nitrogens is 1. The third-order valence-corrected chi connectivity index (χ3v) is 2.12. The second kappa shape index (κ2) is 5.81. The van der Waals surface area contributed by atoms with Gasteiger partial charge in [0, 0.05) is 13.6 Å². The predicted molar refractivity (Wildman–Crippen MR) is 60.0 cm³/mol. The second-order valence-electron chi connectivity index (χ2n) is 4.68. The lowest BCUT2D eigenvalue weighted by Gasteiger charge is -2.24. The van der Waals surface area contributed by atoms with Crippen molar-refractivity contribution in [3.8, 4) is 0 Å². The first-order valence-electron chi connectivity index (χ1n) is 5.05. The zero-order chi connectivity index (χ0) is 11.2. The Balaban J connectivity index is 3.55. The highest BCUT2D eigenvalue weighted by Crippen LogP contribution is 1.99. The Kier molecular flexibility index (Phi) is 5.46. The molecular weight excluding hydrogens is 176 g/mol. The average molecular weight is 199 g/mol. The van der Waals surface area contributed by atoms with E-state index < -0.39 is 0 Å². The Hall–Kier alpha value is -0.830. The van der Waals surface area contributed by atoms with E-state index in [1.165, 1.54) is 6.08 Å². The summed E-state index contributed by atoms with van der Waals surface area (Å²) in [7, 11) is 8.35. The summed E-state index contributed by atoms with van der Waals surface area (Å²) in [5.74, 6) is 0.00949. The predicted octanol–water partition coefficient (Wildman–Crippen LogP) is 1.12. The van der Waals surface area contributed by atoms with E-state index >= 15 is 0 Å². The molecule has 0 fully saturated rings. The smallest absolute Gasteiger partial charge is 0.245 e. The van der Waals surface area contributed by atoms with Gasteiger partial charge in [-0.3, -0.25) is 4.79 Å². The van der Waals surface area contributed by atoms with E-state index in [4.69, 9.17) is 0 Å². The SMILES string of the molecule is C=CC(=O)N(C)CCCC[N+](C)(C)C. The van der Waals surface area contributed by atoms with Crippen molar-refractivity contribution in [2.24, 2.45) is 0 Å². The molecule has 0 aliphatic heterocycles. The highest BCUT2D eigenvalue weighted by molar-refractivity contribution is 5.86. The molecule has 0 N–H and O–H groups in total. The van der Waals surface area contributed by atoms with Crippen LogP contribution in [0.2, 0.25) is 0 Å². The third-order valence-electron chi connectivity index (χ3n) is 2.12. The summed E-state index contributed by atoms with van der Waals surface area (Å²) in [5.41, 5.74) is 0. The molecule has 82 valence electrons. The molecule has 3 nitrogen and oxygen atoms in total. The molecule has 0 heterocycles. The minimum atomic E-state index is 0.00949. The summed E-state index contributed by atoms with van der Waals surface area (Å²) in [6, 6.07) is 0. The maximum absolute atomic E-state index is 11.1. The number of nitrogens with zero attached hydrogens (tertiary/aromatic N) is 2. The molecule has 0 saturated heterocycles. The van der Waals surface area contributed by atoms with Gasteiger partial charge in [-0.25, -0.2) is 0 Å². The van der Waals surface area contributed by atoms with E-state index in [0.29, 0.717) is 0 Å². The van der Waals surface area contributed by atoms with Gasteiger partial charge in [-0.05, 0) is 18.9 Å². The van der Waals surface area contributed by atoms with Gasteiger partial charge in [-0.1, -0.05) is 6.58 Å². The molecule has 0 unspecified atom stereocenters. The molecule has 0 rings (SSSR count). The van der Waals surface area contributed by atoms with Crippen molar-refractivity contribution in [3.05, 3.63) is 12.7 Å². The van der Waals surface area contributed by atoms with Gasteiger partial charge in [0.1, 0.15) is 0 Å². The Morgan fingerprint density at radius 1 is 1.36 bits per heavy atom. The number of hydrogen-bond acceptors (Lipinski definition) is 1. The molecule has 0 aromatic heterocycles. The molecule has 0 spiro atoms. The molecule has 3 heteroatoms. The summed E-state index contributed by atoms with van der Waals surface area (Å²) in [6.07, 6.45) is 3.57. The fourth-order valence-corrected chi connectivity index (χ4v) is 1.20. The van der Waals surface area contributed by atoms with Crippen molar-refractivity contribution < 1.29 is 9.28 Å². The van der Waals surface area contributed by atoms with Crippen molar-refractivity contribution >= 4 is 5.91 Å². The van der Waals surface area contributed by atoms with E-state index in [-0.39, 0.29) is 5.91 Å². The van der Waals surface area contributed by atoms with Gasteiger partial charge < -0.3 is 9.38 Å².